The van der Waals surface area contributed by atoms with Gasteiger partial charge >= 0.3 is 0 Å². The highest BCUT2D eigenvalue weighted by Crippen LogP contribution is 2.40. The van der Waals surface area contributed by atoms with Crippen LogP contribution in [0, 0.1) is 6.92 Å². The first-order chi connectivity index (χ1) is 14.5. The number of nitrogens with one attached hydrogen (secondary N) is 1. The van der Waals surface area contributed by atoms with Crippen molar-refractivity contribution in [2.45, 2.75) is 20.3 Å². The van der Waals surface area contributed by atoms with Crippen LogP contribution in [0.2, 0.25) is 0 Å². The number of amides is 1. The number of carbonyl (C=O) groups excluding carboxylic acids is 1. The molecule has 2 aromatic heterocycles. The topological polar surface area (TPSA) is 80.9 Å². The molecule has 6 heteroatoms. The van der Waals surface area contributed by atoms with E-state index in [0.29, 0.717) is 5.82 Å². The molecule has 3 N–H and O–H groups in total. The minimum atomic E-state index is -0.169. The molecule has 0 spiro atoms. The van der Waals surface area contributed by atoms with Gasteiger partial charge in [-0.25, -0.2) is 9.97 Å². The van der Waals surface area contributed by atoms with Crippen LogP contribution in [0.5, 0.6) is 0 Å². The number of fused-ring (bicyclic) bond motifs is 1. The van der Waals surface area contributed by atoms with Crippen LogP contribution >= 0.6 is 11.3 Å². The zero-order valence-electron chi connectivity index (χ0n) is 16.8. The van der Waals surface area contributed by atoms with E-state index < -0.39 is 0 Å². The van der Waals surface area contributed by atoms with Gasteiger partial charge in [0.15, 0.2) is 0 Å². The summed E-state index contributed by atoms with van der Waals surface area (Å²) in [5, 5.41) is 3.80. The Morgan fingerprint density at radius 1 is 1.17 bits per heavy atom. The molecule has 0 radical (unpaired) electrons. The second kappa shape index (κ2) is 8.47. The number of nitrogen functional groups attached to an aromatic ring is 1. The minimum absolute atomic E-state index is 0.169. The van der Waals surface area contributed by atoms with E-state index in [1.165, 1.54) is 11.2 Å². The number of hydrogen-bond acceptors (Lipinski definition) is 5. The summed E-state index contributed by atoms with van der Waals surface area (Å²) in [4.78, 5) is 22.9. The van der Waals surface area contributed by atoms with Crippen LogP contribution in [0.1, 0.15) is 22.9 Å². The minimum Gasteiger partial charge on any atom is -0.383 e. The van der Waals surface area contributed by atoms with Gasteiger partial charge in [0.05, 0.1) is 5.39 Å². The third-order valence-electron chi connectivity index (χ3n) is 4.82. The van der Waals surface area contributed by atoms with Crippen LogP contribution in [0.4, 0.5) is 11.5 Å². The lowest BCUT2D eigenvalue weighted by atomic mass is 10.0. The molecule has 150 valence electrons. The van der Waals surface area contributed by atoms with E-state index in [1.54, 1.807) is 17.4 Å². The molecule has 0 saturated heterocycles. The summed E-state index contributed by atoms with van der Waals surface area (Å²) in [6, 6.07) is 15.8. The molecular weight excluding hydrogens is 392 g/mol. The zero-order valence-corrected chi connectivity index (χ0v) is 17.7. The summed E-state index contributed by atoms with van der Waals surface area (Å²) in [6.07, 6.45) is 5.74. The Hall–Kier alpha value is -3.51. The van der Waals surface area contributed by atoms with E-state index in [0.717, 1.165) is 44.6 Å². The van der Waals surface area contributed by atoms with Crippen molar-refractivity contribution in [2.24, 2.45) is 0 Å². The standard InChI is InChI=1S/C24H22N4OS/c1-3-19-21(22-23(25)26-14-27-24(22)30-19)17-8-10-18(11-9-17)28-20(29)12-7-16-6-4-5-15(2)13-16/h4-14H,3H2,1-2H3,(H,28,29)(H2,25,26,27)/b12-7+. The maximum atomic E-state index is 12.3. The van der Waals surface area contributed by atoms with Gasteiger partial charge in [0, 0.05) is 22.2 Å². The maximum absolute atomic E-state index is 12.3. The quantitative estimate of drug-likeness (QED) is 0.425. The van der Waals surface area contributed by atoms with Gasteiger partial charge in [0.1, 0.15) is 17.0 Å². The molecule has 1 amide bonds. The first kappa shape index (κ1) is 19.8. The molecule has 0 atom stereocenters. The predicted octanol–water partition coefficient (Wildman–Crippen LogP) is 5.46. The normalized spacial score (nSPS) is 11.3. The Kier molecular flexibility index (Phi) is 5.59. The number of aryl methyl sites for hydroxylation is 2. The van der Waals surface area contributed by atoms with Crippen LogP contribution in [0.25, 0.3) is 27.4 Å². The highest BCUT2D eigenvalue weighted by atomic mass is 32.1. The fourth-order valence-corrected chi connectivity index (χ4v) is 4.51. The molecule has 0 aliphatic heterocycles. The number of carbonyl (C=O) groups is 1. The Labute approximate surface area is 179 Å². The lowest BCUT2D eigenvalue weighted by molar-refractivity contribution is -0.111. The number of nitrogens with two attached hydrogens (primary N) is 1. The van der Waals surface area contributed by atoms with Gasteiger partial charge in [-0.3, -0.25) is 4.79 Å². The summed E-state index contributed by atoms with van der Waals surface area (Å²) in [6.45, 7) is 4.15. The summed E-state index contributed by atoms with van der Waals surface area (Å²) < 4.78 is 0. The summed E-state index contributed by atoms with van der Waals surface area (Å²) >= 11 is 1.64. The van der Waals surface area contributed by atoms with E-state index in [-0.39, 0.29) is 5.91 Å². The molecule has 0 unspecified atom stereocenters. The Bertz CT molecular complexity index is 1240. The fourth-order valence-electron chi connectivity index (χ4n) is 3.41. The van der Waals surface area contributed by atoms with Crippen LogP contribution in [-0.2, 0) is 11.2 Å². The molecule has 0 bridgehead atoms. The summed E-state index contributed by atoms with van der Waals surface area (Å²) in [5.74, 6) is 0.321. The third kappa shape index (κ3) is 4.09. The van der Waals surface area contributed by atoms with Crippen molar-refractivity contribution in [2.75, 3.05) is 11.1 Å². The van der Waals surface area contributed by atoms with Crippen molar-refractivity contribution in [3.8, 4) is 11.1 Å². The van der Waals surface area contributed by atoms with Crippen LogP contribution in [-0.4, -0.2) is 15.9 Å². The molecule has 4 aromatic rings. The number of benzene rings is 2. The molecule has 2 heterocycles. The van der Waals surface area contributed by atoms with Gasteiger partial charge in [0.25, 0.3) is 0 Å². The van der Waals surface area contributed by atoms with E-state index in [2.05, 4.69) is 22.2 Å². The number of rotatable bonds is 5. The fraction of sp³-hybridized carbons (Fsp3) is 0.125. The first-order valence-electron chi connectivity index (χ1n) is 9.73. The highest BCUT2D eigenvalue weighted by Gasteiger charge is 2.16. The van der Waals surface area contributed by atoms with Crippen molar-refractivity contribution < 1.29 is 4.79 Å². The molecule has 0 saturated carbocycles. The van der Waals surface area contributed by atoms with Crippen LogP contribution in [0.3, 0.4) is 0 Å². The van der Waals surface area contributed by atoms with E-state index in [4.69, 9.17) is 5.73 Å². The molecule has 0 aliphatic carbocycles. The van der Waals surface area contributed by atoms with Gasteiger partial charge in [-0.1, -0.05) is 48.9 Å². The number of nitrogens with zero attached hydrogens (tertiary/aromatic N) is 2. The van der Waals surface area contributed by atoms with Crippen molar-refractivity contribution in [1.29, 1.82) is 0 Å². The van der Waals surface area contributed by atoms with Gasteiger partial charge in [-0.15, -0.1) is 11.3 Å². The Balaban J connectivity index is 1.55. The van der Waals surface area contributed by atoms with E-state index in [1.807, 2.05) is 61.5 Å². The molecule has 0 fully saturated rings. The van der Waals surface area contributed by atoms with Gasteiger partial charge in [-0.05, 0) is 42.7 Å². The average molecular weight is 415 g/mol. The van der Waals surface area contributed by atoms with Crippen molar-refractivity contribution in [3.05, 3.63) is 76.9 Å². The number of aromatic nitrogens is 2. The Morgan fingerprint density at radius 2 is 1.97 bits per heavy atom. The molecule has 30 heavy (non-hydrogen) atoms. The molecule has 0 aliphatic rings. The van der Waals surface area contributed by atoms with Crippen molar-refractivity contribution in [1.82, 2.24) is 9.97 Å². The summed E-state index contributed by atoms with van der Waals surface area (Å²) in [5.41, 5.74) is 11.1. The van der Waals surface area contributed by atoms with E-state index >= 15 is 0 Å². The van der Waals surface area contributed by atoms with Crippen LogP contribution in [0.15, 0.2) is 60.9 Å². The first-order valence-corrected chi connectivity index (χ1v) is 10.5. The van der Waals surface area contributed by atoms with Gasteiger partial charge < -0.3 is 11.1 Å². The highest BCUT2D eigenvalue weighted by molar-refractivity contribution is 7.19. The maximum Gasteiger partial charge on any atom is 0.248 e. The van der Waals surface area contributed by atoms with Crippen molar-refractivity contribution >= 4 is 45.0 Å². The van der Waals surface area contributed by atoms with Crippen LogP contribution < -0.4 is 11.1 Å². The summed E-state index contributed by atoms with van der Waals surface area (Å²) in [7, 11) is 0. The third-order valence-corrected chi connectivity index (χ3v) is 6.06. The predicted molar refractivity (Wildman–Crippen MR) is 125 cm³/mol. The monoisotopic (exact) mass is 414 g/mol. The molecule has 2 aromatic carbocycles. The smallest absolute Gasteiger partial charge is 0.248 e. The number of anilines is 2. The largest absolute Gasteiger partial charge is 0.383 e. The lowest BCUT2D eigenvalue weighted by Crippen LogP contribution is -2.07. The average Bonchev–Trinajstić information content (AvgIpc) is 3.13. The Morgan fingerprint density at radius 3 is 2.70 bits per heavy atom. The zero-order chi connectivity index (χ0) is 21.1. The SMILES string of the molecule is CCc1sc2ncnc(N)c2c1-c1ccc(NC(=O)/C=C/c2cccc(C)c2)cc1. The van der Waals surface area contributed by atoms with E-state index in [9.17, 15) is 4.79 Å². The number of thiophene rings is 1. The van der Waals surface area contributed by atoms with Gasteiger partial charge in [0.2, 0.25) is 5.91 Å². The van der Waals surface area contributed by atoms with Crippen molar-refractivity contribution in [3.63, 3.8) is 0 Å². The second-order valence-electron chi connectivity index (χ2n) is 7.01. The second-order valence-corrected chi connectivity index (χ2v) is 8.09. The van der Waals surface area contributed by atoms with Gasteiger partial charge in [-0.2, -0.15) is 0 Å². The lowest BCUT2D eigenvalue weighted by Gasteiger charge is -2.07. The molecule has 4 rings (SSSR count). The molecule has 5 nitrogen and oxygen atoms in total. The molecular formula is C24H22N4OS. The number of hydrogen-bond donors (Lipinski definition) is 2.